The summed E-state index contributed by atoms with van der Waals surface area (Å²) < 4.78 is 5.12. The molecule has 3 rings (SSSR count). The minimum absolute atomic E-state index is 0.0345. The monoisotopic (exact) mass is 329 g/mol. The fourth-order valence-corrected chi connectivity index (χ4v) is 3.61. The topological polar surface area (TPSA) is 46.6 Å². The number of ether oxygens (including phenoxy) is 1. The van der Waals surface area contributed by atoms with Gasteiger partial charge >= 0.3 is 0 Å². The standard InChI is InChI=1S/C18H19NO3S/c1-22-15-8-6-13(7-9-15)17(20)14-4-2-10-19(12-14)18(21)16-5-3-11-23-16/h3,5-9,11,14H,2,4,10,12H2,1H3. The van der Waals surface area contributed by atoms with Gasteiger partial charge in [0.2, 0.25) is 0 Å². The van der Waals surface area contributed by atoms with Crippen LogP contribution in [0.5, 0.6) is 5.75 Å². The zero-order valence-corrected chi connectivity index (χ0v) is 13.8. The summed E-state index contributed by atoms with van der Waals surface area (Å²) in [6.07, 6.45) is 1.70. The van der Waals surface area contributed by atoms with Gasteiger partial charge in [-0.2, -0.15) is 0 Å². The molecule has 1 amide bonds. The molecular formula is C18H19NO3S. The van der Waals surface area contributed by atoms with E-state index in [0.717, 1.165) is 30.0 Å². The van der Waals surface area contributed by atoms with Crippen LogP contribution in [-0.4, -0.2) is 36.8 Å². The molecule has 2 heterocycles. The maximum atomic E-state index is 12.7. The molecule has 0 bridgehead atoms. The third-order valence-corrected chi connectivity index (χ3v) is 5.04. The van der Waals surface area contributed by atoms with Gasteiger partial charge in [0.05, 0.1) is 12.0 Å². The van der Waals surface area contributed by atoms with Gasteiger partial charge in [-0.05, 0) is 48.6 Å². The van der Waals surface area contributed by atoms with Crippen molar-refractivity contribution >= 4 is 23.0 Å². The first-order valence-electron chi connectivity index (χ1n) is 7.70. The molecule has 5 heteroatoms. The van der Waals surface area contributed by atoms with E-state index in [1.165, 1.54) is 11.3 Å². The smallest absolute Gasteiger partial charge is 0.263 e. The molecule has 1 aromatic heterocycles. The summed E-state index contributed by atoms with van der Waals surface area (Å²) in [5.74, 6) is 0.754. The number of methoxy groups -OCH3 is 1. The summed E-state index contributed by atoms with van der Waals surface area (Å²) in [4.78, 5) is 27.7. The van der Waals surface area contributed by atoms with E-state index >= 15 is 0 Å². The molecular weight excluding hydrogens is 310 g/mol. The number of amides is 1. The molecule has 1 aliphatic rings. The Kier molecular flexibility index (Phi) is 4.76. The highest BCUT2D eigenvalue weighted by molar-refractivity contribution is 7.12. The second kappa shape index (κ2) is 6.96. The van der Waals surface area contributed by atoms with Crippen LogP contribution < -0.4 is 4.74 Å². The van der Waals surface area contributed by atoms with Crippen LogP contribution in [-0.2, 0) is 0 Å². The number of Topliss-reactive ketones (excluding diaryl/α,β-unsaturated/α-hetero) is 1. The summed E-state index contributed by atoms with van der Waals surface area (Å²) in [5, 5.41) is 1.90. The maximum absolute atomic E-state index is 12.7. The van der Waals surface area contributed by atoms with E-state index < -0.39 is 0 Å². The van der Waals surface area contributed by atoms with Gasteiger partial charge in [-0.3, -0.25) is 9.59 Å². The average molecular weight is 329 g/mol. The Balaban J connectivity index is 1.70. The van der Waals surface area contributed by atoms with Crippen LogP contribution in [0.4, 0.5) is 0 Å². The van der Waals surface area contributed by atoms with Crippen molar-refractivity contribution in [1.82, 2.24) is 4.90 Å². The van der Waals surface area contributed by atoms with Crippen LogP contribution in [0.1, 0.15) is 32.9 Å². The van der Waals surface area contributed by atoms with Gasteiger partial charge in [0.15, 0.2) is 5.78 Å². The Labute approximate surface area is 139 Å². The van der Waals surface area contributed by atoms with Crippen molar-refractivity contribution in [2.45, 2.75) is 12.8 Å². The minimum atomic E-state index is -0.124. The molecule has 0 saturated carbocycles. The van der Waals surface area contributed by atoms with E-state index in [2.05, 4.69) is 0 Å². The number of hydrogen-bond donors (Lipinski definition) is 0. The highest BCUT2D eigenvalue weighted by Crippen LogP contribution is 2.24. The van der Waals surface area contributed by atoms with Gasteiger partial charge in [-0.1, -0.05) is 6.07 Å². The lowest BCUT2D eigenvalue weighted by atomic mass is 9.90. The van der Waals surface area contributed by atoms with Crippen molar-refractivity contribution in [3.8, 4) is 5.75 Å². The predicted molar refractivity (Wildman–Crippen MR) is 90.3 cm³/mol. The summed E-state index contributed by atoms with van der Waals surface area (Å²) in [5.41, 5.74) is 0.682. The van der Waals surface area contributed by atoms with Crippen molar-refractivity contribution in [2.24, 2.45) is 5.92 Å². The fourth-order valence-electron chi connectivity index (χ4n) is 2.92. The summed E-state index contributed by atoms with van der Waals surface area (Å²) >= 11 is 1.44. The van der Waals surface area contributed by atoms with Crippen LogP contribution in [0.15, 0.2) is 41.8 Å². The molecule has 1 saturated heterocycles. The number of ketones is 1. The number of likely N-dealkylation sites (tertiary alicyclic amines) is 1. The van der Waals surface area contributed by atoms with Crippen molar-refractivity contribution in [3.63, 3.8) is 0 Å². The van der Waals surface area contributed by atoms with E-state index in [1.807, 2.05) is 17.5 Å². The number of hydrogen-bond acceptors (Lipinski definition) is 4. The summed E-state index contributed by atoms with van der Waals surface area (Å²) in [7, 11) is 1.60. The van der Waals surface area contributed by atoms with E-state index in [9.17, 15) is 9.59 Å². The lowest BCUT2D eigenvalue weighted by Crippen LogP contribution is -2.42. The van der Waals surface area contributed by atoms with E-state index in [-0.39, 0.29) is 17.6 Å². The van der Waals surface area contributed by atoms with Crippen molar-refractivity contribution in [2.75, 3.05) is 20.2 Å². The molecule has 1 fully saturated rings. The van der Waals surface area contributed by atoms with Crippen molar-refractivity contribution in [1.29, 1.82) is 0 Å². The number of nitrogens with zero attached hydrogens (tertiary/aromatic N) is 1. The third kappa shape index (κ3) is 3.45. The number of piperidine rings is 1. The van der Waals surface area contributed by atoms with Crippen LogP contribution in [0.25, 0.3) is 0 Å². The molecule has 1 unspecified atom stereocenters. The fraction of sp³-hybridized carbons (Fsp3) is 0.333. The second-order valence-electron chi connectivity index (χ2n) is 5.66. The Morgan fingerprint density at radius 2 is 2.00 bits per heavy atom. The summed E-state index contributed by atoms with van der Waals surface area (Å²) in [6.45, 7) is 1.23. The van der Waals surface area contributed by atoms with E-state index in [4.69, 9.17) is 4.74 Å². The highest BCUT2D eigenvalue weighted by atomic mass is 32.1. The predicted octanol–water partition coefficient (Wildman–Crippen LogP) is 3.49. The molecule has 4 nitrogen and oxygen atoms in total. The van der Waals surface area contributed by atoms with E-state index in [0.29, 0.717) is 12.1 Å². The van der Waals surface area contributed by atoms with Gasteiger partial charge in [0.1, 0.15) is 5.75 Å². The molecule has 0 spiro atoms. The Morgan fingerprint density at radius 3 is 2.65 bits per heavy atom. The first kappa shape index (κ1) is 15.7. The lowest BCUT2D eigenvalue weighted by molar-refractivity contribution is 0.0641. The van der Waals surface area contributed by atoms with Gasteiger partial charge in [-0.25, -0.2) is 0 Å². The van der Waals surface area contributed by atoms with Gasteiger partial charge in [-0.15, -0.1) is 11.3 Å². The Hall–Kier alpha value is -2.14. The van der Waals surface area contributed by atoms with E-state index in [1.54, 1.807) is 36.3 Å². The van der Waals surface area contributed by atoms with Crippen molar-refractivity contribution < 1.29 is 14.3 Å². The van der Waals surface area contributed by atoms with Crippen molar-refractivity contribution in [3.05, 3.63) is 52.2 Å². The Morgan fingerprint density at radius 1 is 1.22 bits per heavy atom. The molecule has 23 heavy (non-hydrogen) atoms. The summed E-state index contributed by atoms with van der Waals surface area (Å²) in [6, 6.07) is 10.9. The zero-order valence-electron chi connectivity index (χ0n) is 13.0. The molecule has 0 N–H and O–H groups in total. The first-order chi connectivity index (χ1) is 11.2. The molecule has 0 radical (unpaired) electrons. The number of carbonyl (C=O) groups excluding carboxylic acids is 2. The first-order valence-corrected chi connectivity index (χ1v) is 8.58. The highest BCUT2D eigenvalue weighted by Gasteiger charge is 2.29. The number of carbonyl (C=O) groups is 2. The second-order valence-corrected chi connectivity index (χ2v) is 6.61. The molecule has 1 aromatic carbocycles. The minimum Gasteiger partial charge on any atom is -0.497 e. The molecule has 0 aliphatic carbocycles. The van der Waals surface area contributed by atoms with Crippen LogP contribution in [0.3, 0.4) is 0 Å². The SMILES string of the molecule is COc1ccc(C(=O)C2CCCN(C(=O)c3cccs3)C2)cc1. The van der Waals surface area contributed by atoms with Gasteiger partial charge in [0, 0.05) is 24.6 Å². The molecule has 1 atom stereocenters. The van der Waals surface area contributed by atoms with Gasteiger partial charge in [0.25, 0.3) is 5.91 Å². The maximum Gasteiger partial charge on any atom is 0.263 e. The number of benzene rings is 1. The quantitative estimate of drug-likeness (QED) is 0.807. The lowest BCUT2D eigenvalue weighted by Gasteiger charge is -2.31. The normalized spacial score (nSPS) is 17.8. The van der Waals surface area contributed by atoms with Crippen LogP contribution in [0.2, 0.25) is 0 Å². The molecule has 120 valence electrons. The van der Waals surface area contributed by atoms with Crippen LogP contribution >= 0.6 is 11.3 Å². The molecule has 2 aromatic rings. The Bertz CT molecular complexity index is 679. The van der Waals surface area contributed by atoms with Crippen LogP contribution in [0, 0.1) is 5.92 Å². The number of thiophene rings is 1. The molecule has 1 aliphatic heterocycles. The third-order valence-electron chi connectivity index (χ3n) is 4.19. The van der Waals surface area contributed by atoms with Gasteiger partial charge < -0.3 is 9.64 Å². The zero-order chi connectivity index (χ0) is 16.2. The average Bonchev–Trinajstić information content (AvgIpc) is 3.15. The number of rotatable bonds is 4. The largest absolute Gasteiger partial charge is 0.497 e.